The summed E-state index contributed by atoms with van der Waals surface area (Å²) in [4.78, 5) is 46.6. The molecule has 0 spiro atoms. The summed E-state index contributed by atoms with van der Waals surface area (Å²) in [5.41, 5.74) is 0.811. The number of fused-ring (bicyclic) bond motifs is 1. The van der Waals surface area contributed by atoms with Crippen LogP contribution in [0.2, 0.25) is 0 Å². The molecule has 3 aliphatic heterocycles. The number of halogens is 3. The Labute approximate surface area is 235 Å². The third kappa shape index (κ3) is 6.37. The molecule has 8 nitrogen and oxygen atoms in total. The first-order chi connectivity index (χ1) is 18.9. The average molecular weight is 580 g/mol. The number of amides is 1. The second-order valence-electron chi connectivity index (χ2n) is 10.1. The van der Waals surface area contributed by atoms with Gasteiger partial charge in [0.1, 0.15) is 0 Å². The van der Waals surface area contributed by atoms with Crippen molar-refractivity contribution < 1.29 is 37.0 Å². The Hall–Kier alpha value is -3.28. The summed E-state index contributed by atoms with van der Waals surface area (Å²) in [6.07, 6.45) is -3.91. The summed E-state index contributed by atoms with van der Waals surface area (Å²) >= 11 is 1.29. The molecule has 1 atom stereocenters. The molecule has 0 N–H and O–H groups in total. The van der Waals surface area contributed by atoms with E-state index in [9.17, 15) is 27.6 Å². The Morgan fingerprint density at radius 1 is 1.12 bits per heavy atom. The number of alkyl halides is 3. The van der Waals surface area contributed by atoms with Gasteiger partial charge in [-0.15, -0.1) is 0 Å². The van der Waals surface area contributed by atoms with Crippen LogP contribution in [-0.2, 0) is 30.0 Å². The average Bonchev–Trinajstić information content (AvgIpc) is 3.28. The first-order valence-corrected chi connectivity index (χ1v) is 14.1. The lowest BCUT2D eigenvalue weighted by molar-refractivity contribution is -0.151. The second kappa shape index (κ2) is 12.1. The van der Waals surface area contributed by atoms with Gasteiger partial charge in [-0.1, -0.05) is 23.9 Å². The van der Waals surface area contributed by atoms with Gasteiger partial charge in [-0.25, -0.2) is 9.79 Å². The predicted molar refractivity (Wildman–Crippen MR) is 144 cm³/mol. The number of carbonyl (C=O) groups is 3. The Morgan fingerprint density at radius 3 is 2.35 bits per heavy atom. The summed E-state index contributed by atoms with van der Waals surface area (Å²) < 4.78 is 50.4. The van der Waals surface area contributed by atoms with Gasteiger partial charge in [0.05, 0.1) is 47.9 Å². The Bertz CT molecular complexity index is 1250. The lowest BCUT2D eigenvalue weighted by atomic mass is 9.93. The highest BCUT2D eigenvalue weighted by Gasteiger charge is 2.42. The van der Waals surface area contributed by atoms with Crippen molar-refractivity contribution in [3.63, 3.8) is 0 Å². The molecule has 12 heteroatoms. The fourth-order valence-electron chi connectivity index (χ4n) is 4.97. The molecular formula is C28H32F3N3O5S. The molecule has 0 bridgehead atoms. The number of piperidine rings is 1. The number of likely N-dealkylation sites (tertiary alicyclic amines) is 1. The normalized spacial score (nSPS) is 19.9. The highest BCUT2D eigenvalue weighted by molar-refractivity contribution is 8.16. The van der Waals surface area contributed by atoms with Crippen molar-refractivity contribution in [2.45, 2.75) is 65.3 Å². The van der Waals surface area contributed by atoms with Gasteiger partial charge < -0.3 is 19.3 Å². The van der Waals surface area contributed by atoms with E-state index in [0.29, 0.717) is 54.7 Å². The first-order valence-electron chi connectivity index (χ1n) is 13.2. The largest absolute Gasteiger partial charge is 0.466 e. The Kier molecular flexibility index (Phi) is 8.96. The van der Waals surface area contributed by atoms with Gasteiger partial charge in [-0.05, 0) is 63.6 Å². The number of rotatable bonds is 7. The number of hydrogen-bond acceptors (Lipinski definition) is 8. The smallest absolute Gasteiger partial charge is 0.416 e. The van der Waals surface area contributed by atoms with Gasteiger partial charge in [0.15, 0.2) is 5.17 Å². The van der Waals surface area contributed by atoms with Crippen LogP contribution in [0.25, 0.3) is 0 Å². The number of benzene rings is 1. The van der Waals surface area contributed by atoms with Crippen LogP contribution in [0.4, 0.5) is 13.2 Å². The van der Waals surface area contributed by atoms with Crippen LogP contribution in [0.15, 0.2) is 51.6 Å². The fourth-order valence-corrected chi connectivity index (χ4v) is 5.93. The van der Waals surface area contributed by atoms with Crippen molar-refractivity contribution in [2.75, 3.05) is 19.7 Å². The van der Waals surface area contributed by atoms with Crippen LogP contribution in [0.1, 0.15) is 64.1 Å². The zero-order chi connectivity index (χ0) is 29.2. The zero-order valence-electron chi connectivity index (χ0n) is 22.8. The van der Waals surface area contributed by atoms with Gasteiger partial charge in [0.2, 0.25) is 5.91 Å². The van der Waals surface area contributed by atoms with Gasteiger partial charge >= 0.3 is 18.1 Å². The fraction of sp³-hybridized carbons (Fsp3) is 0.500. The number of ether oxygens (including phenoxy) is 2. The number of aliphatic imine (C=N–C) groups is 1. The molecule has 1 aromatic carbocycles. The molecule has 3 aliphatic rings. The molecule has 3 heterocycles. The third-order valence-electron chi connectivity index (χ3n) is 6.92. The summed E-state index contributed by atoms with van der Waals surface area (Å²) in [7, 11) is 0. The van der Waals surface area contributed by atoms with Gasteiger partial charge in [-0.3, -0.25) is 9.59 Å². The highest BCUT2D eigenvalue weighted by Crippen LogP contribution is 2.45. The molecule has 0 radical (unpaired) electrons. The van der Waals surface area contributed by atoms with E-state index in [0.717, 1.165) is 12.1 Å². The number of amidine groups is 1. The van der Waals surface area contributed by atoms with E-state index >= 15 is 0 Å². The van der Waals surface area contributed by atoms with Crippen LogP contribution < -0.4 is 0 Å². The molecule has 216 valence electrons. The highest BCUT2D eigenvalue weighted by atomic mass is 32.2. The number of thioether (sulfide) groups is 1. The number of esters is 2. The lowest BCUT2D eigenvalue weighted by Crippen LogP contribution is -2.42. The molecule has 1 amide bonds. The van der Waals surface area contributed by atoms with Crippen molar-refractivity contribution in [3.8, 4) is 0 Å². The standard InChI is InChI=1S/C28H32F3N3O5S/c1-5-38-25(36)19-10-12-33(13-11-19)22(35)14-21-15-40-27-32-17(4)23(26(37)39-16(2)3)24(34(21)27)18-6-8-20(9-7-18)28(29,30)31/h6-9,15-16,19,24H,5,10-14H2,1-4H3. The van der Waals surface area contributed by atoms with Crippen LogP contribution in [0.5, 0.6) is 0 Å². The van der Waals surface area contributed by atoms with E-state index in [1.165, 1.54) is 23.9 Å². The van der Waals surface area contributed by atoms with E-state index < -0.39 is 29.9 Å². The quantitative estimate of drug-likeness (QED) is 0.399. The SMILES string of the molecule is CCOC(=O)C1CCN(C(=O)CC2=CSC3=NC(C)=C(C(=O)OC(C)C)C(c4ccc(C(F)(F)F)cc4)N23)CC1. The Morgan fingerprint density at radius 2 is 1.77 bits per heavy atom. The van der Waals surface area contributed by atoms with E-state index in [4.69, 9.17) is 9.47 Å². The maximum absolute atomic E-state index is 13.3. The number of nitrogens with zero attached hydrogens (tertiary/aromatic N) is 3. The van der Waals surface area contributed by atoms with Gasteiger partial charge in [0, 0.05) is 18.8 Å². The van der Waals surface area contributed by atoms with E-state index in [-0.39, 0.29) is 29.8 Å². The van der Waals surface area contributed by atoms with Gasteiger partial charge in [0.25, 0.3) is 0 Å². The first kappa shape index (κ1) is 29.7. The molecule has 1 aromatic rings. The zero-order valence-corrected chi connectivity index (χ0v) is 23.6. The molecule has 4 rings (SSSR count). The topological polar surface area (TPSA) is 88.5 Å². The van der Waals surface area contributed by atoms with Crippen LogP contribution in [-0.4, -0.2) is 58.6 Å². The minimum Gasteiger partial charge on any atom is -0.466 e. The van der Waals surface area contributed by atoms with E-state index in [2.05, 4.69) is 4.99 Å². The number of carbonyl (C=O) groups excluding carboxylic acids is 3. The monoisotopic (exact) mass is 579 g/mol. The van der Waals surface area contributed by atoms with Crippen LogP contribution in [0.3, 0.4) is 0 Å². The summed E-state index contributed by atoms with van der Waals surface area (Å²) in [6, 6.07) is 3.81. The molecule has 1 fully saturated rings. The van der Waals surface area contributed by atoms with Crippen molar-refractivity contribution in [2.24, 2.45) is 10.9 Å². The summed E-state index contributed by atoms with van der Waals surface area (Å²) in [6.45, 7) is 7.97. The minimum atomic E-state index is -4.51. The second-order valence-corrected chi connectivity index (χ2v) is 10.9. The van der Waals surface area contributed by atoms with Crippen molar-refractivity contribution in [1.29, 1.82) is 0 Å². The third-order valence-corrected chi connectivity index (χ3v) is 7.81. The van der Waals surface area contributed by atoms with E-state index in [1.807, 2.05) is 0 Å². The molecule has 0 aliphatic carbocycles. The molecular weight excluding hydrogens is 547 g/mol. The Balaban J connectivity index is 1.60. The van der Waals surface area contributed by atoms with Crippen LogP contribution in [0, 0.1) is 5.92 Å². The molecule has 0 saturated carbocycles. The molecule has 0 aromatic heterocycles. The van der Waals surface area contributed by atoms with Crippen molar-refractivity contribution in [1.82, 2.24) is 9.80 Å². The van der Waals surface area contributed by atoms with Crippen molar-refractivity contribution >= 4 is 34.8 Å². The molecule has 1 unspecified atom stereocenters. The van der Waals surface area contributed by atoms with Gasteiger partial charge in [-0.2, -0.15) is 13.2 Å². The van der Waals surface area contributed by atoms with E-state index in [1.54, 1.807) is 42.9 Å². The molecule has 40 heavy (non-hydrogen) atoms. The maximum atomic E-state index is 13.3. The molecule has 1 saturated heterocycles. The summed E-state index contributed by atoms with van der Waals surface area (Å²) in [5, 5.41) is 2.30. The number of allylic oxidation sites excluding steroid dienone is 1. The van der Waals surface area contributed by atoms with Crippen molar-refractivity contribution in [3.05, 3.63) is 57.8 Å². The maximum Gasteiger partial charge on any atom is 0.416 e. The lowest BCUT2D eigenvalue weighted by Gasteiger charge is -2.37. The number of hydrogen-bond donors (Lipinski definition) is 0. The minimum absolute atomic E-state index is 0.00121. The van der Waals surface area contributed by atoms with Crippen LogP contribution >= 0.6 is 11.8 Å². The predicted octanol–water partition coefficient (Wildman–Crippen LogP) is 5.42. The summed E-state index contributed by atoms with van der Waals surface area (Å²) in [5.74, 6) is -1.26.